The van der Waals surface area contributed by atoms with Crippen LogP contribution < -0.4 is 10.1 Å². The number of nitrogens with zero attached hydrogens (tertiary/aromatic N) is 2. The zero-order valence-electron chi connectivity index (χ0n) is 10.6. The average Bonchev–Trinajstić information content (AvgIpc) is 2.88. The molecule has 0 aliphatic carbocycles. The number of carbonyl (C=O) groups is 1. The van der Waals surface area contributed by atoms with Crippen LogP contribution in [0.2, 0.25) is 4.47 Å². The van der Waals surface area contributed by atoms with Gasteiger partial charge in [-0.3, -0.25) is 4.79 Å². The van der Waals surface area contributed by atoms with E-state index in [4.69, 9.17) is 21.1 Å². The van der Waals surface area contributed by atoms with Crippen LogP contribution >= 0.6 is 22.9 Å². The molecule has 8 heteroatoms. The summed E-state index contributed by atoms with van der Waals surface area (Å²) < 4.78 is 10.5. The van der Waals surface area contributed by atoms with Gasteiger partial charge in [-0.1, -0.05) is 11.3 Å². The number of amides is 1. The van der Waals surface area contributed by atoms with Crippen LogP contribution in [0.5, 0.6) is 5.75 Å². The van der Waals surface area contributed by atoms with Crippen molar-refractivity contribution in [2.75, 3.05) is 25.6 Å². The van der Waals surface area contributed by atoms with E-state index in [1.54, 1.807) is 31.4 Å². The van der Waals surface area contributed by atoms with Gasteiger partial charge in [0.15, 0.2) is 0 Å². The SMILES string of the molecule is COCCOc1ccc(NC(=O)c2nnc(Cl)s2)cc1. The van der Waals surface area contributed by atoms with Gasteiger partial charge in [-0.05, 0) is 35.9 Å². The van der Waals surface area contributed by atoms with E-state index in [0.717, 1.165) is 11.3 Å². The largest absolute Gasteiger partial charge is 0.491 e. The maximum atomic E-state index is 11.8. The van der Waals surface area contributed by atoms with Crippen LogP contribution in [0.25, 0.3) is 0 Å². The van der Waals surface area contributed by atoms with Gasteiger partial charge in [0.25, 0.3) is 5.91 Å². The van der Waals surface area contributed by atoms with Gasteiger partial charge in [-0.2, -0.15) is 0 Å². The number of anilines is 1. The van der Waals surface area contributed by atoms with Crippen LogP contribution in [-0.4, -0.2) is 36.4 Å². The number of hydrogen-bond donors (Lipinski definition) is 1. The van der Waals surface area contributed by atoms with Crippen molar-refractivity contribution in [1.82, 2.24) is 10.2 Å². The lowest BCUT2D eigenvalue weighted by molar-refractivity contribution is 0.102. The molecule has 0 atom stereocenters. The molecule has 0 spiro atoms. The second-order valence-electron chi connectivity index (χ2n) is 3.68. The number of benzene rings is 1. The van der Waals surface area contributed by atoms with Crippen LogP contribution in [0, 0.1) is 0 Å². The van der Waals surface area contributed by atoms with Gasteiger partial charge in [-0.15, -0.1) is 10.2 Å². The molecule has 6 nitrogen and oxygen atoms in total. The zero-order chi connectivity index (χ0) is 14.4. The predicted molar refractivity (Wildman–Crippen MR) is 76.7 cm³/mol. The maximum absolute atomic E-state index is 11.8. The summed E-state index contributed by atoms with van der Waals surface area (Å²) in [6.45, 7) is 1.00. The van der Waals surface area contributed by atoms with E-state index >= 15 is 0 Å². The Balaban J connectivity index is 1.91. The fraction of sp³-hybridized carbons (Fsp3) is 0.250. The Kier molecular flexibility index (Phi) is 5.28. The molecule has 0 unspecified atom stereocenters. The smallest absolute Gasteiger partial charge is 0.286 e. The van der Waals surface area contributed by atoms with Crippen molar-refractivity contribution in [3.8, 4) is 5.75 Å². The summed E-state index contributed by atoms with van der Waals surface area (Å²) in [5.41, 5.74) is 0.639. The van der Waals surface area contributed by atoms with E-state index in [0.29, 0.717) is 24.7 Å². The molecule has 0 bridgehead atoms. The Labute approximate surface area is 124 Å². The Morgan fingerprint density at radius 2 is 2.05 bits per heavy atom. The monoisotopic (exact) mass is 313 g/mol. The van der Waals surface area contributed by atoms with E-state index in [1.807, 2.05) is 0 Å². The van der Waals surface area contributed by atoms with Crippen molar-refractivity contribution >= 4 is 34.5 Å². The number of methoxy groups -OCH3 is 1. The summed E-state index contributed by atoms with van der Waals surface area (Å²) in [5, 5.41) is 10.2. The van der Waals surface area contributed by atoms with Crippen molar-refractivity contribution in [3.05, 3.63) is 33.7 Å². The fourth-order valence-corrected chi connectivity index (χ4v) is 2.08. The molecule has 0 aliphatic heterocycles. The molecule has 0 fully saturated rings. The van der Waals surface area contributed by atoms with Crippen LogP contribution in [0.4, 0.5) is 5.69 Å². The first-order chi connectivity index (χ1) is 9.69. The minimum absolute atomic E-state index is 0.218. The van der Waals surface area contributed by atoms with Gasteiger partial charge in [0.05, 0.1) is 6.61 Å². The number of aromatic nitrogens is 2. The molecule has 1 aromatic heterocycles. The third kappa shape index (κ3) is 4.16. The van der Waals surface area contributed by atoms with Crippen molar-refractivity contribution in [1.29, 1.82) is 0 Å². The van der Waals surface area contributed by atoms with Gasteiger partial charge in [0.1, 0.15) is 12.4 Å². The van der Waals surface area contributed by atoms with Gasteiger partial charge in [0.2, 0.25) is 9.47 Å². The molecule has 2 aromatic rings. The Bertz CT molecular complexity index is 574. The second kappa shape index (κ2) is 7.18. The highest BCUT2D eigenvalue weighted by molar-refractivity contribution is 7.17. The molecular formula is C12H12ClN3O3S. The van der Waals surface area contributed by atoms with Crippen LogP contribution in [0.3, 0.4) is 0 Å². The summed E-state index contributed by atoms with van der Waals surface area (Å²) in [6, 6.07) is 7.00. The van der Waals surface area contributed by atoms with E-state index in [-0.39, 0.29) is 15.4 Å². The fourth-order valence-electron chi connectivity index (χ4n) is 1.36. The average molecular weight is 314 g/mol. The normalized spacial score (nSPS) is 10.3. The summed E-state index contributed by atoms with van der Waals surface area (Å²) in [7, 11) is 1.61. The van der Waals surface area contributed by atoms with E-state index < -0.39 is 0 Å². The molecule has 0 radical (unpaired) electrons. The minimum atomic E-state index is -0.345. The van der Waals surface area contributed by atoms with Gasteiger partial charge < -0.3 is 14.8 Å². The molecule has 0 saturated carbocycles. The summed E-state index contributed by atoms with van der Waals surface area (Å²) in [4.78, 5) is 11.8. The molecular weight excluding hydrogens is 302 g/mol. The molecule has 2 rings (SSSR count). The summed E-state index contributed by atoms with van der Waals surface area (Å²) in [5.74, 6) is 0.362. The van der Waals surface area contributed by atoms with Crippen molar-refractivity contribution in [2.24, 2.45) is 0 Å². The lowest BCUT2D eigenvalue weighted by Crippen LogP contribution is -2.11. The number of nitrogens with one attached hydrogen (secondary N) is 1. The molecule has 0 saturated heterocycles. The molecule has 1 amide bonds. The highest BCUT2D eigenvalue weighted by atomic mass is 35.5. The van der Waals surface area contributed by atoms with Crippen molar-refractivity contribution in [2.45, 2.75) is 0 Å². The first kappa shape index (κ1) is 14.7. The van der Waals surface area contributed by atoms with E-state index in [9.17, 15) is 4.79 Å². The lowest BCUT2D eigenvalue weighted by Gasteiger charge is -2.07. The first-order valence-corrected chi connectivity index (χ1v) is 6.90. The number of halogens is 1. The van der Waals surface area contributed by atoms with Crippen molar-refractivity contribution < 1.29 is 14.3 Å². The zero-order valence-corrected chi connectivity index (χ0v) is 12.2. The van der Waals surface area contributed by atoms with Crippen LogP contribution in [0.15, 0.2) is 24.3 Å². The van der Waals surface area contributed by atoms with Crippen molar-refractivity contribution in [3.63, 3.8) is 0 Å². The van der Waals surface area contributed by atoms with Gasteiger partial charge in [0, 0.05) is 12.8 Å². The van der Waals surface area contributed by atoms with E-state index in [2.05, 4.69) is 15.5 Å². The third-order valence-corrected chi connectivity index (χ3v) is 3.28. The molecule has 20 heavy (non-hydrogen) atoms. The third-order valence-electron chi connectivity index (χ3n) is 2.26. The second-order valence-corrected chi connectivity index (χ2v) is 5.24. The quantitative estimate of drug-likeness (QED) is 0.829. The molecule has 1 heterocycles. The van der Waals surface area contributed by atoms with E-state index in [1.165, 1.54) is 0 Å². The van der Waals surface area contributed by atoms with Gasteiger partial charge in [-0.25, -0.2) is 0 Å². The summed E-state index contributed by atoms with van der Waals surface area (Å²) >= 11 is 6.65. The Morgan fingerprint density at radius 3 is 2.65 bits per heavy atom. The number of carbonyl (C=O) groups excluding carboxylic acids is 1. The highest BCUT2D eigenvalue weighted by Gasteiger charge is 2.12. The Morgan fingerprint density at radius 1 is 1.30 bits per heavy atom. The molecule has 0 aliphatic rings. The molecule has 1 aromatic carbocycles. The topological polar surface area (TPSA) is 73.3 Å². The van der Waals surface area contributed by atoms with Crippen LogP contribution in [0.1, 0.15) is 9.80 Å². The minimum Gasteiger partial charge on any atom is -0.491 e. The number of hydrogen-bond acceptors (Lipinski definition) is 6. The molecule has 1 N–H and O–H groups in total. The highest BCUT2D eigenvalue weighted by Crippen LogP contribution is 2.19. The van der Waals surface area contributed by atoms with Gasteiger partial charge >= 0.3 is 0 Å². The maximum Gasteiger partial charge on any atom is 0.286 e. The number of ether oxygens (including phenoxy) is 2. The van der Waals surface area contributed by atoms with Crippen LogP contribution in [-0.2, 0) is 4.74 Å². The molecule has 106 valence electrons. The lowest BCUT2D eigenvalue weighted by atomic mass is 10.3. The summed E-state index contributed by atoms with van der Waals surface area (Å²) in [6.07, 6.45) is 0. The Hall–Kier alpha value is -1.70. The predicted octanol–water partition coefficient (Wildman–Crippen LogP) is 2.47. The number of rotatable bonds is 6. The standard InChI is InChI=1S/C12H12ClN3O3S/c1-18-6-7-19-9-4-2-8(3-5-9)14-10(17)11-15-16-12(13)20-11/h2-5H,6-7H2,1H3,(H,14,17). The first-order valence-electron chi connectivity index (χ1n) is 5.71.